The molecule has 8 bridgehead atoms. The number of hydrogen-bond acceptors (Lipinski definition) is 13. The molecule has 0 spiro atoms. The van der Waals surface area contributed by atoms with E-state index >= 15 is 0 Å². The number of hydrogen-bond donors (Lipinski definition) is 3. The number of aliphatic hydroxyl groups is 1. The summed E-state index contributed by atoms with van der Waals surface area (Å²) < 4.78 is 22.7. The molecule has 0 amide bonds. The molecule has 0 aromatic heterocycles. The van der Waals surface area contributed by atoms with Crippen LogP contribution in [0.5, 0.6) is 0 Å². The first-order valence-electron chi connectivity index (χ1n) is 27.9. The number of ether oxygens (including phenoxy) is 4. The second-order valence-electron chi connectivity index (χ2n) is 25.9. The molecule has 2 aliphatic heterocycles. The van der Waals surface area contributed by atoms with E-state index in [4.69, 9.17) is 18.9 Å². The minimum absolute atomic E-state index is 0.0503. The van der Waals surface area contributed by atoms with Crippen molar-refractivity contribution in [3.63, 3.8) is 0 Å². The first-order chi connectivity index (χ1) is 33.8. The van der Waals surface area contributed by atoms with E-state index in [0.29, 0.717) is 55.4 Å². The lowest BCUT2D eigenvalue weighted by atomic mass is 9.58. The summed E-state index contributed by atoms with van der Waals surface area (Å²) in [6.45, 7) is 12.1. The fourth-order valence-electron chi connectivity index (χ4n) is 19.0. The molecule has 10 rings (SSSR count). The maximum absolute atomic E-state index is 14.2. The van der Waals surface area contributed by atoms with Crippen LogP contribution in [0.1, 0.15) is 125 Å². The summed E-state index contributed by atoms with van der Waals surface area (Å²) in [5.41, 5.74) is -0.571. The van der Waals surface area contributed by atoms with Gasteiger partial charge in [-0.25, -0.2) is 0 Å². The molecule has 10 fully saturated rings. The monoisotopic (exact) mass is 992 g/mol. The third-order valence-electron chi connectivity index (χ3n) is 21.8. The Hall–Kier alpha value is -3.59. The van der Waals surface area contributed by atoms with Crippen molar-refractivity contribution in [2.45, 2.75) is 130 Å². The number of aliphatic carboxylic acids is 2. The molecule has 8 saturated carbocycles. The lowest BCUT2D eigenvalue weighted by Gasteiger charge is -2.45. The first-order valence-corrected chi connectivity index (χ1v) is 27.9. The van der Waals surface area contributed by atoms with Crippen LogP contribution in [0.3, 0.4) is 0 Å². The summed E-state index contributed by atoms with van der Waals surface area (Å²) in [6.07, 6.45) is 11.3. The van der Waals surface area contributed by atoms with Gasteiger partial charge in [0.25, 0.3) is 0 Å². The molecule has 71 heavy (non-hydrogen) atoms. The van der Waals surface area contributed by atoms with E-state index in [1.165, 1.54) is 6.42 Å². The average molecular weight is 992 g/mol. The highest BCUT2D eigenvalue weighted by atomic mass is 16.6. The van der Waals surface area contributed by atoms with E-state index in [1.54, 1.807) is 6.92 Å². The Morgan fingerprint density at radius 3 is 1.72 bits per heavy atom. The molecule has 15 heteroatoms. The molecule has 15 nitrogen and oxygen atoms in total. The van der Waals surface area contributed by atoms with Crippen LogP contribution in [-0.4, -0.2) is 107 Å². The van der Waals surface area contributed by atoms with Crippen molar-refractivity contribution >= 4 is 41.8 Å². The van der Waals surface area contributed by atoms with Gasteiger partial charge < -0.3 is 34.3 Å². The van der Waals surface area contributed by atoms with Crippen molar-refractivity contribution in [1.29, 1.82) is 0 Å². The van der Waals surface area contributed by atoms with Crippen LogP contribution in [0.2, 0.25) is 0 Å². The van der Waals surface area contributed by atoms with Crippen molar-refractivity contribution in [1.82, 2.24) is 4.90 Å². The zero-order chi connectivity index (χ0) is 50.4. The van der Waals surface area contributed by atoms with Crippen LogP contribution in [0.25, 0.3) is 0 Å². The number of carboxylic acid groups (broad SMARTS) is 2. The van der Waals surface area contributed by atoms with Crippen molar-refractivity contribution in [2.75, 3.05) is 39.5 Å². The number of aliphatic hydroxyl groups excluding tert-OH is 1. The number of rotatable bonds is 18. The minimum atomic E-state index is -1.04. The first kappa shape index (κ1) is 50.9. The van der Waals surface area contributed by atoms with Crippen molar-refractivity contribution in [3.05, 3.63) is 0 Å². The molecule has 23 atom stereocenters. The van der Waals surface area contributed by atoms with Crippen LogP contribution in [-0.2, 0) is 52.5 Å². The second kappa shape index (κ2) is 19.9. The Morgan fingerprint density at radius 1 is 0.577 bits per heavy atom. The largest absolute Gasteiger partial charge is 0.481 e. The predicted molar refractivity (Wildman–Crippen MR) is 254 cm³/mol. The smallest absolute Gasteiger partial charge is 0.317 e. The topological polar surface area (TPSA) is 220 Å². The normalized spacial score (nSPS) is 45.2. The molecular formula is C56H81NO14. The average Bonchev–Trinajstić information content (AvgIpc) is 4.21. The second-order valence-corrected chi connectivity index (χ2v) is 25.9. The Bertz CT molecular complexity index is 2080. The maximum Gasteiger partial charge on any atom is 0.317 e. The Labute approximate surface area is 418 Å². The van der Waals surface area contributed by atoms with Gasteiger partial charge in [0, 0.05) is 6.54 Å². The SMILES string of the molecule is CC1C(=O)OC(=O)C1CC1C(CC2C(CC3C(CC4C(C)C5CC(C(=O)OC(C)(C)C)C4C5)C4CC(C(=O)OCCO)C3C4)C3CC(C(=O)O)C2C3)C2CC1C(C(=O)OCCN1CCCCC1)C2C(=O)O. The highest BCUT2D eigenvalue weighted by Crippen LogP contribution is 2.69. The van der Waals surface area contributed by atoms with Gasteiger partial charge in [0.1, 0.15) is 18.8 Å². The Balaban J connectivity index is 0.939. The molecule has 0 radical (unpaired) electrons. The van der Waals surface area contributed by atoms with Gasteiger partial charge in [-0.05, 0) is 212 Å². The molecular weight excluding hydrogens is 911 g/mol. The van der Waals surface area contributed by atoms with E-state index in [-0.39, 0.29) is 109 Å². The molecule has 23 unspecified atom stereocenters. The predicted octanol–water partition coefficient (Wildman–Crippen LogP) is 6.76. The van der Waals surface area contributed by atoms with E-state index in [0.717, 1.165) is 70.9 Å². The number of cyclic esters (lactones) is 2. The number of esters is 5. The van der Waals surface area contributed by atoms with Crippen molar-refractivity contribution in [2.24, 2.45) is 136 Å². The fourth-order valence-corrected chi connectivity index (χ4v) is 19.0. The highest BCUT2D eigenvalue weighted by molar-refractivity contribution is 5.96. The minimum Gasteiger partial charge on any atom is -0.481 e. The summed E-state index contributed by atoms with van der Waals surface area (Å²) in [7, 11) is 0. The van der Waals surface area contributed by atoms with Gasteiger partial charge in [-0.1, -0.05) is 20.3 Å². The molecule has 394 valence electrons. The summed E-state index contributed by atoms with van der Waals surface area (Å²) in [6, 6.07) is 0. The Kier molecular flexibility index (Phi) is 14.3. The van der Waals surface area contributed by atoms with Gasteiger partial charge >= 0.3 is 41.8 Å². The number of carbonyl (C=O) groups excluding carboxylic acids is 5. The van der Waals surface area contributed by atoms with Crippen LogP contribution in [0.4, 0.5) is 0 Å². The van der Waals surface area contributed by atoms with Crippen LogP contribution >= 0.6 is 0 Å². The molecule has 0 aromatic carbocycles. The number of fused-ring (bicyclic) bond motifs is 8. The van der Waals surface area contributed by atoms with Gasteiger partial charge in [0.05, 0.1) is 48.0 Å². The van der Waals surface area contributed by atoms with E-state index in [9.17, 15) is 48.9 Å². The van der Waals surface area contributed by atoms with Crippen LogP contribution in [0.15, 0.2) is 0 Å². The summed E-state index contributed by atoms with van der Waals surface area (Å²) in [4.78, 5) is 96.6. The standard InChI is InChI=1S/C56H81NO14/c1-26-28-15-35(46(16-28)54(66)71-56(3,4)5)31(26)21-33-30-18-37(45(20-30)52(64)69-14-12-58)38(33)23-34-29-17-36(44(19-29)49(59)60)39(34)24-41-40(22-32-27(2)51(63)70-53(32)65)43-25-42(41)47(50(61)62)48(43)55(67)68-13-11-57-9-7-6-8-10-57/h26-48,58H,6-25H2,1-5H3,(H,59,60)(H,61,62). The van der Waals surface area contributed by atoms with Crippen LogP contribution < -0.4 is 0 Å². The fraction of sp³-hybridized carbons (Fsp3) is 0.875. The van der Waals surface area contributed by atoms with Gasteiger partial charge in [0.15, 0.2) is 0 Å². The van der Waals surface area contributed by atoms with E-state index in [2.05, 4.69) is 11.8 Å². The third kappa shape index (κ3) is 9.38. The Morgan fingerprint density at radius 2 is 1.11 bits per heavy atom. The molecule has 2 heterocycles. The quantitative estimate of drug-likeness (QED) is 0.0734. The van der Waals surface area contributed by atoms with Crippen LogP contribution in [0, 0.1) is 136 Å². The highest BCUT2D eigenvalue weighted by Gasteiger charge is 2.67. The van der Waals surface area contributed by atoms with Crippen molar-refractivity contribution < 1.29 is 67.8 Å². The maximum atomic E-state index is 14.2. The van der Waals surface area contributed by atoms with Gasteiger partial charge in [0.2, 0.25) is 0 Å². The molecule has 10 aliphatic rings. The summed E-state index contributed by atoms with van der Waals surface area (Å²) >= 11 is 0. The van der Waals surface area contributed by atoms with Gasteiger partial charge in [-0.3, -0.25) is 38.5 Å². The molecule has 3 N–H and O–H groups in total. The summed E-state index contributed by atoms with van der Waals surface area (Å²) in [5, 5.41) is 31.3. The number of carboxylic acids is 2. The zero-order valence-electron chi connectivity index (χ0n) is 42.7. The summed E-state index contributed by atoms with van der Waals surface area (Å²) in [5.74, 6) is -6.97. The lowest BCUT2D eigenvalue weighted by molar-refractivity contribution is -0.164. The third-order valence-corrected chi connectivity index (χ3v) is 21.8. The number of likely N-dealkylation sites (tertiary alicyclic amines) is 1. The molecule has 0 aromatic rings. The van der Waals surface area contributed by atoms with E-state index in [1.807, 2.05) is 20.8 Å². The van der Waals surface area contributed by atoms with E-state index < -0.39 is 71.0 Å². The molecule has 2 saturated heterocycles. The van der Waals surface area contributed by atoms with Gasteiger partial charge in [-0.15, -0.1) is 0 Å². The van der Waals surface area contributed by atoms with Gasteiger partial charge in [-0.2, -0.15) is 0 Å². The number of nitrogens with zero attached hydrogens (tertiary/aromatic N) is 1. The van der Waals surface area contributed by atoms with Crippen molar-refractivity contribution in [3.8, 4) is 0 Å². The number of piperidine rings is 1. The molecule has 8 aliphatic carbocycles. The number of carbonyl (C=O) groups is 7. The lowest BCUT2D eigenvalue weighted by Crippen LogP contribution is -2.46. The zero-order valence-corrected chi connectivity index (χ0v) is 42.7.